The van der Waals surface area contributed by atoms with E-state index >= 15 is 0 Å². The highest BCUT2D eigenvalue weighted by atomic mass is 32.2. The highest BCUT2D eigenvalue weighted by molar-refractivity contribution is 7.99. The van der Waals surface area contributed by atoms with Gasteiger partial charge in [-0.2, -0.15) is 0 Å². The first-order valence-corrected chi connectivity index (χ1v) is 6.89. The third kappa shape index (κ3) is 1.86. The molecular formula is C10H13N5O3S. The van der Waals surface area contributed by atoms with Gasteiger partial charge in [0.15, 0.2) is 17.7 Å². The molecule has 4 atom stereocenters. The molecule has 0 bridgehead atoms. The van der Waals surface area contributed by atoms with Crippen molar-refractivity contribution in [1.29, 1.82) is 0 Å². The van der Waals surface area contributed by atoms with Gasteiger partial charge < -0.3 is 20.7 Å². The number of hydrogen-bond donors (Lipinski definition) is 3. The summed E-state index contributed by atoms with van der Waals surface area (Å²) in [4.78, 5) is 12.0. The summed E-state index contributed by atoms with van der Waals surface area (Å²) in [6.45, 7) is 0. The number of anilines is 1. The molecule has 1 aliphatic heterocycles. The predicted molar refractivity (Wildman–Crippen MR) is 69.2 cm³/mol. The van der Waals surface area contributed by atoms with Crippen molar-refractivity contribution in [3.63, 3.8) is 0 Å². The van der Waals surface area contributed by atoms with Crippen molar-refractivity contribution in [3.8, 4) is 0 Å². The van der Waals surface area contributed by atoms with E-state index in [9.17, 15) is 10.2 Å². The zero-order chi connectivity index (χ0) is 13.6. The lowest BCUT2D eigenvalue weighted by atomic mass is 10.2. The molecule has 1 fully saturated rings. The smallest absolute Gasteiger partial charge is 0.167 e. The number of aliphatic hydroxyl groups excluding tert-OH is 2. The van der Waals surface area contributed by atoms with Gasteiger partial charge in [0, 0.05) is 0 Å². The van der Waals surface area contributed by atoms with Crippen molar-refractivity contribution in [2.75, 3.05) is 12.0 Å². The number of fused-ring (bicyclic) bond motifs is 1. The first-order chi connectivity index (χ1) is 9.13. The summed E-state index contributed by atoms with van der Waals surface area (Å²) in [7, 11) is 0. The van der Waals surface area contributed by atoms with Gasteiger partial charge in [0.1, 0.15) is 29.5 Å². The lowest BCUT2D eigenvalue weighted by molar-refractivity contribution is -0.0192. The molecule has 2 aromatic rings. The Labute approximate surface area is 112 Å². The van der Waals surface area contributed by atoms with Crippen molar-refractivity contribution in [1.82, 2.24) is 19.5 Å². The molecule has 0 spiro atoms. The average Bonchev–Trinajstić information content (AvgIpc) is 2.94. The van der Waals surface area contributed by atoms with Gasteiger partial charge in [0.05, 0.1) is 6.33 Å². The molecule has 8 nitrogen and oxygen atoms in total. The maximum Gasteiger partial charge on any atom is 0.167 e. The maximum absolute atomic E-state index is 10.0. The lowest BCUT2D eigenvalue weighted by Crippen LogP contribution is -2.30. The minimum atomic E-state index is -1.05. The van der Waals surface area contributed by atoms with Crippen LogP contribution in [0.1, 0.15) is 6.23 Å². The van der Waals surface area contributed by atoms with Crippen LogP contribution in [0.3, 0.4) is 0 Å². The van der Waals surface area contributed by atoms with E-state index < -0.39 is 23.9 Å². The SMILES string of the molecule is CS[C@H]1OC(n2cnc3c(N)ncnc32)[C@H](O)[C@@H]1O. The normalized spacial score (nSPS) is 31.1. The third-order valence-electron chi connectivity index (χ3n) is 3.09. The van der Waals surface area contributed by atoms with Crippen LogP contribution in [0.2, 0.25) is 0 Å². The van der Waals surface area contributed by atoms with E-state index in [4.69, 9.17) is 10.5 Å². The summed E-state index contributed by atoms with van der Waals surface area (Å²) in [5.41, 5.74) is 6.12. The van der Waals surface area contributed by atoms with Crippen molar-refractivity contribution >= 4 is 28.7 Å². The summed E-state index contributed by atoms with van der Waals surface area (Å²) in [6.07, 6.45) is 1.84. The van der Waals surface area contributed by atoms with E-state index in [2.05, 4.69) is 15.0 Å². The molecule has 1 unspecified atom stereocenters. The number of nitrogens with two attached hydrogens (primary N) is 1. The molecule has 0 aliphatic carbocycles. The van der Waals surface area contributed by atoms with Crippen LogP contribution in [0.15, 0.2) is 12.7 Å². The van der Waals surface area contributed by atoms with Gasteiger partial charge >= 0.3 is 0 Å². The van der Waals surface area contributed by atoms with E-state index in [-0.39, 0.29) is 5.82 Å². The number of aromatic nitrogens is 4. The molecule has 4 N–H and O–H groups in total. The fraction of sp³-hybridized carbons (Fsp3) is 0.500. The Morgan fingerprint density at radius 1 is 1.32 bits per heavy atom. The minimum absolute atomic E-state index is 0.262. The number of ether oxygens (including phenoxy) is 1. The number of thioether (sulfide) groups is 1. The first-order valence-electron chi connectivity index (χ1n) is 5.61. The molecule has 19 heavy (non-hydrogen) atoms. The highest BCUT2D eigenvalue weighted by Gasteiger charge is 2.43. The molecule has 1 saturated heterocycles. The van der Waals surface area contributed by atoms with E-state index in [0.29, 0.717) is 11.2 Å². The summed E-state index contributed by atoms with van der Waals surface area (Å²) in [5, 5.41) is 19.9. The standard InChI is InChI=1S/C10H13N5O3S/c1-19-10-6(17)5(16)9(18-10)15-3-14-4-7(11)12-2-13-8(4)15/h2-3,5-6,9-10,16-17H,1H3,(H2,11,12,13)/t5-,6+,9?,10-/m1/s1. The van der Waals surface area contributed by atoms with Gasteiger partial charge in [-0.25, -0.2) is 15.0 Å². The van der Waals surface area contributed by atoms with Crippen molar-refractivity contribution in [3.05, 3.63) is 12.7 Å². The number of nitrogen functional groups attached to an aromatic ring is 1. The Kier molecular flexibility index (Phi) is 3.05. The maximum atomic E-state index is 10.0. The molecule has 0 aromatic carbocycles. The molecule has 0 saturated carbocycles. The fourth-order valence-corrected chi connectivity index (χ4v) is 2.77. The van der Waals surface area contributed by atoms with E-state index in [1.807, 2.05) is 0 Å². The molecule has 0 radical (unpaired) electrons. The van der Waals surface area contributed by atoms with Crippen LogP contribution in [-0.4, -0.2) is 53.6 Å². The van der Waals surface area contributed by atoms with E-state index in [1.54, 1.807) is 10.8 Å². The second-order valence-electron chi connectivity index (χ2n) is 4.19. The Balaban J connectivity index is 2.04. The molecule has 0 amide bonds. The van der Waals surface area contributed by atoms with Crippen LogP contribution in [0, 0.1) is 0 Å². The molecule has 2 aromatic heterocycles. The summed E-state index contributed by atoms with van der Waals surface area (Å²) < 4.78 is 7.17. The van der Waals surface area contributed by atoms with Crippen molar-refractivity contribution in [2.24, 2.45) is 0 Å². The van der Waals surface area contributed by atoms with Crippen LogP contribution in [0.4, 0.5) is 5.82 Å². The number of nitrogens with zero attached hydrogens (tertiary/aromatic N) is 4. The monoisotopic (exact) mass is 283 g/mol. The number of imidazole rings is 1. The minimum Gasteiger partial charge on any atom is -0.387 e. The van der Waals surface area contributed by atoms with Crippen LogP contribution in [0.5, 0.6) is 0 Å². The Morgan fingerprint density at radius 3 is 2.79 bits per heavy atom. The lowest BCUT2D eigenvalue weighted by Gasteiger charge is -2.16. The van der Waals surface area contributed by atoms with Gasteiger partial charge in [0.25, 0.3) is 0 Å². The molecule has 1 aliphatic rings. The predicted octanol–water partition coefficient (Wildman–Crippen LogP) is -0.652. The third-order valence-corrected chi connectivity index (χ3v) is 3.94. The zero-order valence-electron chi connectivity index (χ0n) is 10.0. The van der Waals surface area contributed by atoms with Crippen LogP contribution < -0.4 is 5.73 Å². The Morgan fingerprint density at radius 2 is 2.11 bits per heavy atom. The van der Waals surface area contributed by atoms with Crippen molar-refractivity contribution in [2.45, 2.75) is 23.9 Å². The topological polar surface area (TPSA) is 119 Å². The number of aliphatic hydroxyl groups is 2. The van der Waals surface area contributed by atoms with Gasteiger partial charge in [-0.3, -0.25) is 4.57 Å². The molecular weight excluding hydrogens is 270 g/mol. The van der Waals surface area contributed by atoms with Gasteiger partial charge in [-0.15, -0.1) is 11.8 Å². The molecule has 102 valence electrons. The van der Waals surface area contributed by atoms with Crippen LogP contribution in [-0.2, 0) is 4.74 Å². The second kappa shape index (κ2) is 4.60. The van der Waals surface area contributed by atoms with Crippen molar-refractivity contribution < 1.29 is 14.9 Å². The Bertz CT molecular complexity index is 606. The van der Waals surface area contributed by atoms with Gasteiger partial charge in [-0.05, 0) is 6.26 Å². The number of hydrogen-bond acceptors (Lipinski definition) is 8. The quantitative estimate of drug-likeness (QED) is 0.665. The summed E-state index contributed by atoms with van der Waals surface area (Å²) in [6, 6.07) is 0. The molecule has 3 rings (SSSR count). The average molecular weight is 283 g/mol. The molecule has 3 heterocycles. The number of rotatable bonds is 2. The van der Waals surface area contributed by atoms with Crippen LogP contribution >= 0.6 is 11.8 Å². The zero-order valence-corrected chi connectivity index (χ0v) is 10.9. The van der Waals surface area contributed by atoms with Gasteiger partial charge in [0.2, 0.25) is 0 Å². The first kappa shape index (κ1) is 12.6. The van der Waals surface area contributed by atoms with E-state index in [1.165, 1.54) is 24.4 Å². The highest BCUT2D eigenvalue weighted by Crippen LogP contribution is 2.35. The summed E-state index contributed by atoms with van der Waals surface area (Å²) in [5.74, 6) is 0.262. The molecule has 9 heteroatoms. The van der Waals surface area contributed by atoms with E-state index in [0.717, 1.165) is 0 Å². The van der Waals surface area contributed by atoms with Crippen LogP contribution in [0.25, 0.3) is 11.2 Å². The Hall–Kier alpha value is -1.42. The fourth-order valence-electron chi connectivity index (χ4n) is 2.11. The largest absolute Gasteiger partial charge is 0.387 e. The summed E-state index contributed by atoms with van der Waals surface area (Å²) >= 11 is 1.33. The second-order valence-corrected chi connectivity index (χ2v) is 5.13. The van der Waals surface area contributed by atoms with Gasteiger partial charge in [-0.1, -0.05) is 0 Å².